The van der Waals surface area contributed by atoms with Crippen molar-refractivity contribution in [3.63, 3.8) is 0 Å². The van der Waals surface area contributed by atoms with Gasteiger partial charge in [0.05, 0.1) is 11.4 Å². The molecule has 2 aromatic heterocycles. The molecule has 5 nitrogen and oxygen atoms in total. The van der Waals surface area contributed by atoms with Gasteiger partial charge in [0.25, 0.3) is 0 Å². The number of imidazole rings is 1. The zero-order chi connectivity index (χ0) is 13.6. The van der Waals surface area contributed by atoms with Crippen molar-refractivity contribution in [3.05, 3.63) is 35.0 Å². The first-order valence-corrected chi connectivity index (χ1v) is 6.47. The van der Waals surface area contributed by atoms with Crippen LogP contribution in [0.4, 0.5) is 5.95 Å². The minimum absolute atomic E-state index is 0.444. The summed E-state index contributed by atoms with van der Waals surface area (Å²) in [5.41, 5.74) is 9.55. The molecule has 0 bridgehead atoms. The van der Waals surface area contributed by atoms with Crippen LogP contribution in [0.25, 0.3) is 16.9 Å². The Balaban J connectivity index is 2.37. The maximum atomic E-state index is 6.05. The molecule has 1 aromatic carbocycles. The molecule has 0 saturated heterocycles. The topological polar surface area (TPSA) is 61.7 Å². The molecule has 19 heavy (non-hydrogen) atoms. The van der Waals surface area contributed by atoms with Crippen LogP contribution >= 0.6 is 11.6 Å². The van der Waals surface area contributed by atoms with Crippen LogP contribution in [0.2, 0.25) is 5.02 Å². The van der Waals surface area contributed by atoms with Crippen molar-refractivity contribution in [2.45, 2.75) is 20.4 Å². The largest absolute Gasteiger partial charge is 0.369 e. The minimum atomic E-state index is 0.444. The molecule has 0 unspecified atom stereocenters. The number of rotatable bonds is 2. The molecule has 0 fully saturated rings. The summed E-state index contributed by atoms with van der Waals surface area (Å²) in [6.07, 6.45) is 0. The number of hydrogen-bond donors (Lipinski definition) is 1. The van der Waals surface area contributed by atoms with E-state index in [0.29, 0.717) is 11.0 Å². The van der Waals surface area contributed by atoms with Crippen LogP contribution in [-0.4, -0.2) is 19.3 Å². The van der Waals surface area contributed by atoms with E-state index < -0.39 is 0 Å². The van der Waals surface area contributed by atoms with Crippen LogP contribution in [0.1, 0.15) is 12.6 Å². The summed E-state index contributed by atoms with van der Waals surface area (Å²) < 4.78 is 3.78. The van der Waals surface area contributed by atoms with Crippen LogP contribution in [0, 0.1) is 6.92 Å². The van der Waals surface area contributed by atoms with Crippen molar-refractivity contribution in [2.24, 2.45) is 0 Å². The molecule has 3 rings (SSSR count). The fourth-order valence-electron chi connectivity index (χ4n) is 2.28. The monoisotopic (exact) mass is 275 g/mol. The summed E-state index contributed by atoms with van der Waals surface area (Å²) in [6.45, 7) is 4.73. The second kappa shape index (κ2) is 4.28. The highest BCUT2D eigenvalue weighted by atomic mass is 35.5. The number of anilines is 1. The van der Waals surface area contributed by atoms with Crippen LogP contribution in [0.5, 0.6) is 0 Å². The van der Waals surface area contributed by atoms with Crippen molar-refractivity contribution in [1.82, 2.24) is 19.3 Å². The number of aromatic nitrogens is 4. The normalized spacial score (nSPS) is 11.3. The second-order valence-corrected chi connectivity index (χ2v) is 4.80. The van der Waals surface area contributed by atoms with Crippen LogP contribution in [0.15, 0.2) is 24.3 Å². The van der Waals surface area contributed by atoms with E-state index in [9.17, 15) is 0 Å². The molecule has 0 saturated carbocycles. The van der Waals surface area contributed by atoms with E-state index >= 15 is 0 Å². The Kier molecular flexibility index (Phi) is 2.71. The summed E-state index contributed by atoms with van der Waals surface area (Å²) in [7, 11) is 0. The lowest BCUT2D eigenvalue weighted by molar-refractivity contribution is 0.663. The first-order chi connectivity index (χ1) is 9.11. The molecule has 3 aromatic rings. The number of benzene rings is 1. The predicted molar refractivity (Wildman–Crippen MR) is 76.7 cm³/mol. The number of aryl methyl sites for hydroxylation is 2. The van der Waals surface area contributed by atoms with Gasteiger partial charge in [-0.3, -0.25) is 4.57 Å². The van der Waals surface area contributed by atoms with Crippen molar-refractivity contribution in [1.29, 1.82) is 0 Å². The van der Waals surface area contributed by atoms with E-state index in [1.54, 1.807) is 0 Å². The number of fused-ring (bicyclic) bond motifs is 1. The molecule has 0 spiro atoms. The number of nitrogen functional groups attached to an aromatic ring is 1. The highest BCUT2D eigenvalue weighted by Crippen LogP contribution is 2.26. The van der Waals surface area contributed by atoms with Gasteiger partial charge < -0.3 is 5.73 Å². The lowest BCUT2D eigenvalue weighted by Gasteiger charge is -2.08. The summed E-state index contributed by atoms with van der Waals surface area (Å²) in [5.74, 6) is 0.444. The molecule has 0 aliphatic rings. The van der Waals surface area contributed by atoms with Gasteiger partial charge in [-0.1, -0.05) is 17.7 Å². The molecule has 0 aliphatic heterocycles. The Bertz CT molecular complexity index is 756. The Hall–Kier alpha value is -2.01. The fraction of sp³-hybridized carbons (Fsp3) is 0.231. The predicted octanol–water partition coefficient (Wildman–Crippen LogP) is 2.79. The van der Waals surface area contributed by atoms with Crippen molar-refractivity contribution < 1.29 is 0 Å². The lowest BCUT2D eigenvalue weighted by atomic mass is 10.3. The van der Waals surface area contributed by atoms with Gasteiger partial charge in [0.1, 0.15) is 5.52 Å². The van der Waals surface area contributed by atoms with Gasteiger partial charge in [-0.25, -0.2) is 9.67 Å². The van der Waals surface area contributed by atoms with Crippen molar-refractivity contribution >= 4 is 28.7 Å². The molecule has 0 amide bonds. The summed E-state index contributed by atoms with van der Waals surface area (Å²) >= 11 is 6.05. The quantitative estimate of drug-likeness (QED) is 0.782. The van der Waals surface area contributed by atoms with Gasteiger partial charge in [0.15, 0.2) is 5.65 Å². The van der Waals surface area contributed by atoms with Crippen LogP contribution in [0.3, 0.4) is 0 Å². The molecule has 6 heteroatoms. The highest BCUT2D eigenvalue weighted by Gasteiger charge is 2.17. The number of halogens is 1. The third-order valence-corrected chi connectivity index (χ3v) is 3.34. The van der Waals surface area contributed by atoms with E-state index in [1.165, 1.54) is 0 Å². The molecular formula is C13H14ClN5. The minimum Gasteiger partial charge on any atom is -0.369 e. The maximum Gasteiger partial charge on any atom is 0.207 e. The second-order valence-electron chi connectivity index (χ2n) is 4.36. The van der Waals surface area contributed by atoms with Crippen LogP contribution < -0.4 is 5.73 Å². The summed E-state index contributed by atoms with van der Waals surface area (Å²) in [5, 5.41) is 5.13. The number of hydrogen-bond acceptors (Lipinski definition) is 3. The van der Waals surface area contributed by atoms with Gasteiger partial charge in [-0.05, 0) is 32.0 Å². The lowest BCUT2D eigenvalue weighted by Crippen LogP contribution is -2.06. The Morgan fingerprint density at radius 2 is 2.16 bits per heavy atom. The number of nitrogens with two attached hydrogens (primary N) is 1. The van der Waals surface area contributed by atoms with Gasteiger partial charge in [0.2, 0.25) is 5.95 Å². The molecule has 0 radical (unpaired) electrons. The van der Waals surface area contributed by atoms with Gasteiger partial charge in [-0.15, -0.1) is 0 Å². The van der Waals surface area contributed by atoms with E-state index in [-0.39, 0.29) is 0 Å². The molecule has 2 heterocycles. The van der Waals surface area contributed by atoms with Gasteiger partial charge in [0, 0.05) is 11.6 Å². The summed E-state index contributed by atoms with van der Waals surface area (Å²) in [6, 6.07) is 7.53. The van der Waals surface area contributed by atoms with E-state index in [0.717, 1.165) is 29.1 Å². The Morgan fingerprint density at radius 1 is 1.37 bits per heavy atom. The first-order valence-electron chi connectivity index (χ1n) is 6.09. The van der Waals surface area contributed by atoms with Crippen LogP contribution in [-0.2, 0) is 6.54 Å². The zero-order valence-corrected chi connectivity index (χ0v) is 11.5. The van der Waals surface area contributed by atoms with Gasteiger partial charge >= 0.3 is 0 Å². The SMILES string of the molecule is CCn1nc(C)c2nc(N)n(-c3cccc(Cl)c3)c21. The van der Waals surface area contributed by atoms with Crippen molar-refractivity contribution in [3.8, 4) is 5.69 Å². The Labute approximate surface area is 115 Å². The van der Waals surface area contributed by atoms with E-state index in [4.69, 9.17) is 17.3 Å². The maximum absolute atomic E-state index is 6.05. The first kappa shape index (κ1) is 12.0. The third kappa shape index (κ3) is 1.77. The van der Waals surface area contributed by atoms with E-state index in [2.05, 4.69) is 10.1 Å². The smallest absolute Gasteiger partial charge is 0.207 e. The Morgan fingerprint density at radius 3 is 2.84 bits per heavy atom. The molecular weight excluding hydrogens is 262 g/mol. The molecule has 2 N–H and O–H groups in total. The third-order valence-electron chi connectivity index (χ3n) is 3.10. The molecule has 0 atom stereocenters. The summed E-state index contributed by atoms with van der Waals surface area (Å²) in [4.78, 5) is 4.40. The molecule has 0 aliphatic carbocycles. The van der Waals surface area contributed by atoms with Crippen molar-refractivity contribution in [2.75, 3.05) is 5.73 Å². The highest BCUT2D eigenvalue weighted by molar-refractivity contribution is 6.30. The van der Waals surface area contributed by atoms with E-state index in [1.807, 2.05) is 47.4 Å². The fourth-order valence-corrected chi connectivity index (χ4v) is 2.46. The number of nitrogens with zero attached hydrogens (tertiary/aromatic N) is 4. The van der Waals surface area contributed by atoms with Gasteiger partial charge in [-0.2, -0.15) is 5.10 Å². The molecule has 98 valence electrons. The zero-order valence-electron chi connectivity index (χ0n) is 10.8. The average molecular weight is 276 g/mol. The standard InChI is InChI=1S/C13H14ClN5/c1-3-18-12-11(8(2)17-18)16-13(15)19(12)10-6-4-5-9(14)7-10/h4-7H,3H2,1-2H3,(H2,15,16). The average Bonchev–Trinajstić information content (AvgIpc) is 2.86.